The minimum Gasteiger partial charge on any atom is -0.507 e. The highest BCUT2D eigenvalue weighted by Crippen LogP contribution is 2.34. The first-order valence-electron chi connectivity index (χ1n) is 6.34. The molecule has 8 heteroatoms. The molecule has 2 N–H and O–H groups in total. The Balaban J connectivity index is 2.15. The predicted molar refractivity (Wildman–Crippen MR) is 92.6 cm³/mol. The summed E-state index contributed by atoms with van der Waals surface area (Å²) in [7, 11) is 0. The van der Waals surface area contributed by atoms with Gasteiger partial charge in [0.2, 0.25) is 0 Å². The van der Waals surface area contributed by atoms with Gasteiger partial charge in [0, 0.05) is 23.0 Å². The van der Waals surface area contributed by atoms with E-state index in [0.717, 1.165) is 16.2 Å². The third kappa shape index (κ3) is 4.08. The van der Waals surface area contributed by atoms with Crippen LogP contribution in [0.4, 0.5) is 0 Å². The third-order valence-electron chi connectivity index (χ3n) is 2.92. The van der Waals surface area contributed by atoms with Crippen molar-refractivity contribution in [2.45, 2.75) is 12.8 Å². The average molecular weight is 402 g/mol. The molecular formula is C14H12BrNO4S2. The summed E-state index contributed by atoms with van der Waals surface area (Å²) in [6, 6.07) is 4.93. The summed E-state index contributed by atoms with van der Waals surface area (Å²) in [5, 5.41) is 18.5. The fourth-order valence-electron chi connectivity index (χ4n) is 1.86. The first-order valence-corrected chi connectivity index (χ1v) is 8.36. The molecule has 1 heterocycles. The van der Waals surface area contributed by atoms with Gasteiger partial charge in [-0.2, -0.15) is 0 Å². The number of benzene rings is 1. The molecule has 0 aromatic heterocycles. The highest BCUT2D eigenvalue weighted by Gasteiger charge is 2.31. The van der Waals surface area contributed by atoms with Crippen molar-refractivity contribution < 1.29 is 19.8 Å². The Bertz CT molecular complexity index is 675. The molecule has 0 radical (unpaired) electrons. The lowest BCUT2D eigenvalue weighted by Crippen LogP contribution is -2.29. The van der Waals surface area contributed by atoms with Crippen LogP contribution < -0.4 is 0 Å². The van der Waals surface area contributed by atoms with Gasteiger partial charge < -0.3 is 10.2 Å². The topological polar surface area (TPSA) is 77.8 Å². The number of hydrogen-bond donors (Lipinski definition) is 2. The number of thiocarbonyl (C=S) groups is 1. The van der Waals surface area contributed by atoms with Crippen molar-refractivity contribution in [3.8, 4) is 5.75 Å². The van der Waals surface area contributed by atoms with E-state index in [4.69, 9.17) is 17.3 Å². The molecule has 1 aromatic carbocycles. The van der Waals surface area contributed by atoms with Crippen LogP contribution in [0.5, 0.6) is 5.75 Å². The summed E-state index contributed by atoms with van der Waals surface area (Å²) in [6.07, 6.45) is 1.91. The maximum Gasteiger partial charge on any atom is 0.303 e. The summed E-state index contributed by atoms with van der Waals surface area (Å²) in [4.78, 5) is 24.6. The van der Waals surface area contributed by atoms with Gasteiger partial charge in [0.15, 0.2) is 0 Å². The SMILES string of the molecule is O=C(O)CCCN1C(=O)C(=Cc2cc(Br)ccc2O)SC1=S. The van der Waals surface area contributed by atoms with Crippen LogP contribution in [0.2, 0.25) is 0 Å². The van der Waals surface area contributed by atoms with Gasteiger partial charge in [-0.1, -0.05) is 39.9 Å². The maximum absolute atomic E-state index is 12.3. The van der Waals surface area contributed by atoms with E-state index >= 15 is 0 Å². The molecule has 1 aliphatic rings. The Labute approximate surface area is 145 Å². The van der Waals surface area contributed by atoms with Crippen LogP contribution in [0.3, 0.4) is 0 Å². The van der Waals surface area contributed by atoms with Crippen molar-refractivity contribution in [2.75, 3.05) is 6.54 Å². The lowest BCUT2D eigenvalue weighted by Gasteiger charge is -2.13. The molecule has 1 aromatic rings. The van der Waals surface area contributed by atoms with Crippen LogP contribution in [-0.2, 0) is 9.59 Å². The molecule has 5 nitrogen and oxygen atoms in total. The van der Waals surface area contributed by atoms with Crippen molar-refractivity contribution in [1.29, 1.82) is 0 Å². The largest absolute Gasteiger partial charge is 0.507 e. The van der Waals surface area contributed by atoms with Gasteiger partial charge in [-0.3, -0.25) is 14.5 Å². The Morgan fingerprint density at radius 1 is 1.45 bits per heavy atom. The molecule has 1 aliphatic heterocycles. The van der Waals surface area contributed by atoms with E-state index in [1.54, 1.807) is 18.2 Å². The molecule has 2 rings (SSSR count). The van der Waals surface area contributed by atoms with Crippen molar-refractivity contribution in [1.82, 2.24) is 4.90 Å². The van der Waals surface area contributed by atoms with Crippen molar-refractivity contribution in [3.63, 3.8) is 0 Å². The molecule has 0 unspecified atom stereocenters. The van der Waals surface area contributed by atoms with Crippen molar-refractivity contribution in [2.24, 2.45) is 0 Å². The second-order valence-corrected chi connectivity index (χ2v) is 7.13. The molecule has 0 spiro atoms. The molecule has 1 saturated heterocycles. The summed E-state index contributed by atoms with van der Waals surface area (Å²) in [5.74, 6) is -1.10. The number of phenols is 1. The Kier molecular flexibility index (Phi) is 5.60. The number of carbonyl (C=O) groups is 2. The number of nitrogens with zero attached hydrogens (tertiary/aromatic N) is 1. The van der Waals surface area contributed by atoms with E-state index in [2.05, 4.69) is 15.9 Å². The first-order chi connectivity index (χ1) is 10.4. The van der Waals surface area contributed by atoms with Gasteiger partial charge in [-0.25, -0.2) is 0 Å². The number of thioether (sulfide) groups is 1. The second kappa shape index (κ2) is 7.26. The van der Waals surface area contributed by atoms with E-state index in [0.29, 0.717) is 21.2 Å². The van der Waals surface area contributed by atoms with E-state index < -0.39 is 5.97 Å². The number of rotatable bonds is 5. The van der Waals surface area contributed by atoms with Gasteiger partial charge in [0.25, 0.3) is 5.91 Å². The number of aliphatic carboxylic acids is 1. The monoisotopic (exact) mass is 401 g/mol. The highest BCUT2D eigenvalue weighted by atomic mass is 79.9. The number of aromatic hydroxyl groups is 1. The van der Waals surface area contributed by atoms with Crippen LogP contribution in [0.15, 0.2) is 27.6 Å². The summed E-state index contributed by atoms with van der Waals surface area (Å²) < 4.78 is 1.18. The van der Waals surface area contributed by atoms with E-state index in [1.165, 1.54) is 11.0 Å². The lowest BCUT2D eigenvalue weighted by molar-refractivity contribution is -0.137. The van der Waals surface area contributed by atoms with Gasteiger partial charge in [0.1, 0.15) is 10.1 Å². The molecule has 1 amide bonds. The van der Waals surface area contributed by atoms with Crippen LogP contribution in [0, 0.1) is 0 Å². The Morgan fingerprint density at radius 2 is 2.18 bits per heavy atom. The van der Waals surface area contributed by atoms with Crippen molar-refractivity contribution in [3.05, 3.63) is 33.1 Å². The van der Waals surface area contributed by atoms with Gasteiger partial charge in [-0.15, -0.1) is 0 Å². The Hall–Kier alpha value is -1.38. The van der Waals surface area contributed by atoms with Crippen LogP contribution in [-0.4, -0.2) is 37.9 Å². The number of carbonyl (C=O) groups excluding carboxylic acids is 1. The number of amides is 1. The minimum absolute atomic E-state index is 0.0114. The zero-order chi connectivity index (χ0) is 16.3. The van der Waals surface area contributed by atoms with E-state index in [9.17, 15) is 14.7 Å². The predicted octanol–water partition coefficient (Wildman–Crippen LogP) is 3.22. The third-order valence-corrected chi connectivity index (χ3v) is 4.79. The number of carboxylic acid groups (broad SMARTS) is 1. The molecule has 0 saturated carbocycles. The van der Waals surface area contributed by atoms with Gasteiger partial charge in [0.05, 0.1) is 4.91 Å². The number of halogens is 1. The van der Waals surface area contributed by atoms with Crippen LogP contribution in [0.1, 0.15) is 18.4 Å². The lowest BCUT2D eigenvalue weighted by atomic mass is 10.2. The molecular weight excluding hydrogens is 390 g/mol. The summed E-state index contributed by atoms with van der Waals surface area (Å²) in [5.41, 5.74) is 0.514. The standard InChI is InChI=1S/C14H12BrNO4S2/c15-9-3-4-10(17)8(6-9)7-11-13(20)16(14(21)22-11)5-1-2-12(18)19/h3-4,6-7,17H,1-2,5H2,(H,18,19). The quantitative estimate of drug-likeness (QED) is 0.582. The molecule has 0 aliphatic carbocycles. The fourth-order valence-corrected chi connectivity index (χ4v) is 3.54. The number of carboxylic acids is 1. The van der Waals surface area contributed by atoms with Gasteiger partial charge in [-0.05, 0) is 30.7 Å². The van der Waals surface area contributed by atoms with Crippen LogP contribution >= 0.6 is 39.9 Å². The summed E-state index contributed by atoms with van der Waals surface area (Å²) >= 11 is 9.61. The Morgan fingerprint density at radius 3 is 2.86 bits per heavy atom. The maximum atomic E-state index is 12.3. The van der Waals surface area contributed by atoms with Gasteiger partial charge >= 0.3 is 5.97 Å². The molecule has 22 heavy (non-hydrogen) atoms. The zero-order valence-electron chi connectivity index (χ0n) is 11.3. The molecule has 0 bridgehead atoms. The molecule has 1 fully saturated rings. The first kappa shape index (κ1) is 17.0. The minimum atomic E-state index is -0.903. The highest BCUT2D eigenvalue weighted by molar-refractivity contribution is 9.10. The fraction of sp³-hybridized carbons (Fsp3) is 0.214. The molecule has 116 valence electrons. The van der Waals surface area contributed by atoms with E-state index in [1.807, 2.05) is 0 Å². The van der Waals surface area contributed by atoms with Crippen molar-refractivity contribution >= 4 is 62.2 Å². The normalized spacial score (nSPS) is 16.6. The molecule has 0 atom stereocenters. The van der Waals surface area contributed by atoms with E-state index in [-0.39, 0.29) is 24.6 Å². The summed E-state index contributed by atoms with van der Waals surface area (Å²) in [6.45, 7) is 0.277. The number of phenolic OH excluding ortho intramolecular Hbond substituents is 1. The second-order valence-electron chi connectivity index (χ2n) is 4.53. The van der Waals surface area contributed by atoms with Crippen LogP contribution in [0.25, 0.3) is 6.08 Å². The zero-order valence-corrected chi connectivity index (χ0v) is 14.5. The smallest absolute Gasteiger partial charge is 0.303 e. The number of hydrogen-bond acceptors (Lipinski definition) is 5. The average Bonchev–Trinajstić information content (AvgIpc) is 2.70.